The van der Waals surface area contributed by atoms with Crippen LogP contribution in [0.1, 0.15) is 21.7 Å². The second kappa shape index (κ2) is 9.40. The first-order valence-corrected chi connectivity index (χ1v) is 10.6. The van der Waals surface area contributed by atoms with Crippen molar-refractivity contribution in [2.75, 3.05) is 37.7 Å². The summed E-state index contributed by atoms with van der Waals surface area (Å²) in [6, 6.07) is 12.3. The fourth-order valence-corrected chi connectivity index (χ4v) is 3.97. The van der Waals surface area contributed by atoms with Crippen molar-refractivity contribution < 1.29 is 23.1 Å². The minimum absolute atomic E-state index is 0.275. The molecule has 1 fully saturated rings. The first-order valence-electron chi connectivity index (χ1n) is 10.6. The highest BCUT2D eigenvalue weighted by Gasteiger charge is 2.25. The summed E-state index contributed by atoms with van der Waals surface area (Å²) in [5, 5.41) is 4.35. The van der Waals surface area contributed by atoms with Crippen LogP contribution in [-0.2, 0) is 9.53 Å². The molecule has 3 aromatic rings. The molecular formula is C24H24F2N4O3. The van der Waals surface area contributed by atoms with Gasteiger partial charge >= 0.3 is 5.97 Å². The standard InChI is InChI=1S/C24H24F2N4O3/c1-16-23(17(2)30(27-16)19-9-7-18(25)8-10-19)24(32)33-15-22(31)29-13-11-28(12-14-29)21-6-4-3-5-20(21)26/h3-10H,11-15H2,1-2H3. The average molecular weight is 454 g/mol. The molecule has 0 bridgehead atoms. The lowest BCUT2D eigenvalue weighted by Gasteiger charge is -2.36. The molecule has 4 rings (SSSR count). The number of piperazine rings is 1. The Morgan fingerprint density at radius 3 is 2.30 bits per heavy atom. The van der Waals surface area contributed by atoms with Crippen molar-refractivity contribution >= 4 is 17.6 Å². The van der Waals surface area contributed by atoms with Gasteiger partial charge in [-0.3, -0.25) is 4.79 Å². The van der Waals surface area contributed by atoms with Crippen LogP contribution in [0.3, 0.4) is 0 Å². The van der Waals surface area contributed by atoms with E-state index in [0.717, 1.165) is 0 Å². The van der Waals surface area contributed by atoms with E-state index >= 15 is 0 Å². The van der Waals surface area contributed by atoms with E-state index in [4.69, 9.17) is 4.74 Å². The van der Waals surface area contributed by atoms with Gasteiger partial charge in [-0.15, -0.1) is 0 Å². The number of nitrogens with zero attached hydrogens (tertiary/aromatic N) is 4. The van der Waals surface area contributed by atoms with Crippen LogP contribution in [0.25, 0.3) is 5.69 Å². The summed E-state index contributed by atoms with van der Waals surface area (Å²) >= 11 is 0. The molecule has 2 heterocycles. The number of halogens is 2. The van der Waals surface area contributed by atoms with Crippen molar-refractivity contribution in [3.8, 4) is 5.69 Å². The number of hydrogen-bond donors (Lipinski definition) is 0. The van der Waals surface area contributed by atoms with Crippen LogP contribution in [0.4, 0.5) is 14.5 Å². The van der Waals surface area contributed by atoms with E-state index in [9.17, 15) is 18.4 Å². The Kier molecular flexibility index (Phi) is 6.39. The van der Waals surface area contributed by atoms with Crippen LogP contribution in [-0.4, -0.2) is 59.3 Å². The largest absolute Gasteiger partial charge is 0.452 e. The quantitative estimate of drug-likeness (QED) is 0.554. The second-order valence-electron chi connectivity index (χ2n) is 7.83. The van der Waals surface area contributed by atoms with E-state index in [1.807, 2.05) is 4.90 Å². The lowest BCUT2D eigenvalue weighted by Crippen LogP contribution is -2.50. The number of aryl methyl sites for hydroxylation is 1. The number of rotatable bonds is 5. The maximum Gasteiger partial charge on any atom is 0.342 e. The molecule has 1 aliphatic rings. The third-order valence-corrected chi connectivity index (χ3v) is 5.72. The van der Waals surface area contributed by atoms with Crippen LogP contribution in [0.15, 0.2) is 48.5 Å². The van der Waals surface area contributed by atoms with E-state index in [1.165, 1.54) is 22.9 Å². The normalized spacial score (nSPS) is 13.8. The second-order valence-corrected chi connectivity index (χ2v) is 7.83. The molecule has 0 N–H and O–H groups in total. The number of hydrogen-bond acceptors (Lipinski definition) is 5. The number of benzene rings is 2. The number of carbonyl (C=O) groups is 2. The topological polar surface area (TPSA) is 67.7 Å². The highest BCUT2D eigenvalue weighted by molar-refractivity contribution is 5.93. The molecule has 172 valence electrons. The van der Waals surface area contributed by atoms with Crippen molar-refractivity contribution in [1.29, 1.82) is 0 Å². The lowest BCUT2D eigenvalue weighted by molar-refractivity contribution is -0.134. The lowest BCUT2D eigenvalue weighted by atomic mass is 10.2. The molecule has 33 heavy (non-hydrogen) atoms. The zero-order valence-electron chi connectivity index (χ0n) is 18.4. The average Bonchev–Trinajstić information content (AvgIpc) is 3.12. The number of amides is 1. The van der Waals surface area contributed by atoms with E-state index in [1.54, 1.807) is 49.1 Å². The van der Waals surface area contributed by atoms with Gasteiger partial charge < -0.3 is 14.5 Å². The van der Waals surface area contributed by atoms with Crippen molar-refractivity contribution in [2.24, 2.45) is 0 Å². The van der Waals surface area contributed by atoms with Crippen LogP contribution < -0.4 is 4.90 Å². The van der Waals surface area contributed by atoms with Gasteiger partial charge in [0, 0.05) is 26.2 Å². The summed E-state index contributed by atoms with van der Waals surface area (Å²) in [6.45, 7) is 4.79. The van der Waals surface area contributed by atoms with Crippen LogP contribution in [0.5, 0.6) is 0 Å². The molecule has 0 radical (unpaired) electrons. The predicted molar refractivity (Wildman–Crippen MR) is 118 cm³/mol. The Labute approximate surface area is 190 Å². The molecule has 0 spiro atoms. The van der Waals surface area contributed by atoms with Gasteiger partial charge in [0.1, 0.15) is 17.2 Å². The number of ether oxygens (including phenoxy) is 1. The summed E-state index contributed by atoms with van der Waals surface area (Å²) in [5.74, 6) is -1.61. The number of anilines is 1. The maximum atomic E-state index is 14.0. The van der Waals surface area contributed by atoms with E-state index in [0.29, 0.717) is 48.9 Å². The zero-order valence-corrected chi connectivity index (χ0v) is 18.4. The number of carbonyl (C=O) groups excluding carboxylic acids is 2. The SMILES string of the molecule is Cc1nn(-c2ccc(F)cc2)c(C)c1C(=O)OCC(=O)N1CCN(c2ccccc2F)CC1. The highest BCUT2D eigenvalue weighted by atomic mass is 19.1. The number of esters is 1. The van der Waals surface area contributed by atoms with E-state index in [2.05, 4.69) is 5.10 Å². The Balaban J connectivity index is 1.35. The van der Waals surface area contributed by atoms with Crippen molar-refractivity contribution in [1.82, 2.24) is 14.7 Å². The Morgan fingerprint density at radius 1 is 0.970 bits per heavy atom. The fraction of sp³-hybridized carbons (Fsp3) is 0.292. The Morgan fingerprint density at radius 2 is 1.64 bits per heavy atom. The van der Waals surface area contributed by atoms with Crippen LogP contribution >= 0.6 is 0 Å². The van der Waals surface area contributed by atoms with Gasteiger partial charge in [0.25, 0.3) is 5.91 Å². The molecule has 9 heteroatoms. The third-order valence-electron chi connectivity index (χ3n) is 5.72. The van der Waals surface area contributed by atoms with Crippen molar-refractivity contribution in [3.05, 3.63) is 77.1 Å². The Hall–Kier alpha value is -3.75. The van der Waals surface area contributed by atoms with Crippen molar-refractivity contribution in [3.63, 3.8) is 0 Å². The molecule has 1 aliphatic heterocycles. The highest BCUT2D eigenvalue weighted by Crippen LogP contribution is 2.21. The van der Waals surface area contributed by atoms with Gasteiger partial charge in [-0.2, -0.15) is 5.10 Å². The summed E-state index contributed by atoms with van der Waals surface area (Å²) in [4.78, 5) is 28.8. The van der Waals surface area contributed by atoms with Gasteiger partial charge in [-0.25, -0.2) is 18.3 Å². The minimum atomic E-state index is -0.642. The molecule has 0 saturated carbocycles. The van der Waals surface area contributed by atoms with Gasteiger partial charge in [-0.1, -0.05) is 12.1 Å². The summed E-state index contributed by atoms with van der Waals surface area (Å²) < 4.78 is 34.0. The van der Waals surface area contributed by atoms with E-state index in [-0.39, 0.29) is 29.7 Å². The fourth-order valence-electron chi connectivity index (χ4n) is 3.97. The van der Waals surface area contributed by atoms with Crippen LogP contribution in [0, 0.1) is 25.5 Å². The smallest absolute Gasteiger partial charge is 0.342 e. The number of para-hydroxylation sites is 1. The van der Waals surface area contributed by atoms with Crippen LogP contribution in [0.2, 0.25) is 0 Å². The summed E-state index contributed by atoms with van der Waals surface area (Å²) in [5.41, 5.74) is 2.39. The third kappa shape index (κ3) is 4.72. The molecule has 0 aliphatic carbocycles. The molecule has 7 nitrogen and oxygen atoms in total. The van der Waals surface area contributed by atoms with Gasteiger partial charge in [0.15, 0.2) is 6.61 Å². The molecule has 1 amide bonds. The van der Waals surface area contributed by atoms with Crippen molar-refractivity contribution in [2.45, 2.75) is 13.8 Å². The maximum absolute atomic E-state index is 14.0. The summed E-state index contributed by atoms with van der Waals surface area (Å²) in [7, 11) is 0. The molecule has 0 atom stereocenters. The Bertz CT molecular complexity index is 1170. The molecule has 2 aromatic carbocycles. The molecular weight excluding hydrogens is 430 g/mol. The first kappa shape index (κ1) is 22.4. The van der Waals surface area contributed by atoms with Gasteiger partial charge in [0.05, 0.1) is 22.8 Å². The van der Waals surface area contributed by atoms with Gasteiger partial charge in [-0.05, 0) is 50.2 Å². The van der Waals surface area contributed by atoms with E-state index < -0.39 is 5.97 Å². The molecule has 1 aromatic heterocycles. The van der Waals surface area contributed by atoms with Gasteiger partial charge in [0.2, 0.25) is 0 Å². The summed E-state index contributed by atoms with van der Waals surface area (Å²) in [6.07, 6.45) is 0. The molecule has 1 saturated heterocycles. The number of aromatic nitrogens is 2. The minimum Gasteiger partial charge on any atom is -0.452 e. The zero-order chi connectivity index (χ0) is 23.5. The monoisotopic (exact) mass is 454 g/mol. The predicted octanol–water partition coefficient (Wildman–Crippen LogP) is 3.27. The first-order chi connectivity index (χ1) is 15.8. The molecule has 0 unspecified atom stereocenters.